The lowest BCUT2D eigenvalue weighted by atomic mass is 10.1. The molecular formula is C21H24N4O5S. The third-order valence-electron chi connectivity index (χ3n) is 4.28. The minimum atomic E-state index is -0.622. The third-order valence-corrected chi connectivity index (χ3v) is 5.25. The summed E-state index contributed by atoms with van der Waals surface area (Å²) in [5.74, 6) is -1.06. The first kappa shape index (κ1) is 22.6. The highest BCUT2D eigenvalue weighted by atomic mass is 32.1. The fourth-order valence-electron chi connectivity index (χ4n) is 2.64. The molecule has 0 aliphatic heterocycles. The predicted octanol–water partition coefficient (Wildman–Crippen LogP) is 2.68. The number of benzene rings is 1. The van der Waals surface area contributed by atoms with E-state index in [2.05, 4.69) is 15.4 Å². The summed E-state index contributed by atoms with van der Waals surface area (Å²) in [5.41, 5.74) is 0.572. The van der Waals surface area contributed by atoms with E-state index < -0.39 is 5.97 Å². The van der Waals surface area contributed by atoms with Crippen LogP contribution in [0.4, 0.5) is 5.69 Å². The molecule has 0 bridgehead atoms. The molecule has 0 atom stereocenters. The lowest BCUT2D eigenvalue weighted by Gasteiger charge is -2.12. The first-order chi connectivity index (χ1) is 14.9. The van der Waals surface area contributed by atoms with E-state index in [4.69, 9.17) is 9.47 Å². The highest BCUT2D eigenvalue weighted by molar-refractivity contribution is 7.16. The minimum Gasteiger partial charge on any atom is -0.456 e. The zero-order chi connectivity index (χ0) is 22.4. The summed E-state index contributed by atoms with van der Waals surface area (Å²) in [6.07, 6.45) is 0.588. The van der Waals surface area contributed by atoms with E-state index in [1.54, 1.807) is 38.1 Å². The first-order valence-corrected chi connectivity index (χ1v) is 10.7. The number of anilines is 1. The van der Waals surface area contributed by atoms with Gasteiger partial charge in [0.2, 0.25) is 10.9 Å². The fourth-order valence-corrected chi connectivity index (χ4v) is 3.54. The van der Waals surface area contributed by atoms with Gasteiger partial charge in [0, 0.05) is 25.0 Å². The van der Waals surface area contributed by atoms with Gasteiger partial charge in [0.1, 0.15) is 11.6 Å². The largest absolute Gasteiger partial charge is 0.456 e. The number of aromatic nitrogens is 3. The SMILES string of the molecule is CCOCCc1nn2c(=O)cc(COC(=O)c3ccccc3NC(=O)C(C)C)nc2s1. The normalized spacial score (nSPS) is 11.1. The van der Waals surface area contributed by atoms with E-state index in [0.717, 1.165) is 5.01 Å². The summed E-state index contributed by atoms with van der Waals surface area (Å²) >= 11 is 1.29. The molecule has 164 valence electrons. The number of nitrogens with one attached hydrogen (secondary N) is 1. The van der Waals surface area contributed by atoms with Crippen LogP contribution in [0, 0.1) is 5.92 Å². The van der Waals surface area contributed by atoms with Gasteiger partial charge >= 0.3 is 5.97 Å². The topological polar surface area (TPSA) is 112 Å². The van der Waals surface area contributed by atoms with E-state index in [9.17, 15) is 14.4 Å². The van der Waals surface area contributed by atoms with Crippen LogP contribution in [0.1, 0.15) is 41.8 Å². The zero-order valence-electron chi connectivity index (χ0n) is 17.6. The molecule has 1 aromatic carbocycles. The first-order valence-electron chi connectivity index (χ1n) is 9.92. The molecule has 0 aliphatic rings. The minimum absolute atomic E-state index is 0.177. The molecular weight excluding hydrogens is 420 g/mol. The molecule has 0 radical (unpaired) electrons. The summed E-state index contributed by atoms with van der Waals surface area (Å²) in [6.45, 7) is 6.39. The molecule has 2 aromatic heterocycles. The van der Waals surface area contributed by atoms with E-state index >= 15 is 0 Å². The van der Waals surface area contributed by atoms with Crippen molar-refractivity contribution in [1.29, 1.82) is 0 Å². The average Bonchev–Trinajstić information content (AvgIpc) is 3.16. The Morgan fingerprint density at radius 3 is 2.77 bits per heavy atom. The zero-order valence-corrected chi connectivity index (χ0v) is 18.4. The molecule has 1 amide bonds. The molecule has 3 rings (SSSR count). The smallest absolute Gasteiger partial charge is 0.340 e. The number of nitrogens with zero attached hydrogens (tertiary/aromatic N) is 3. The predicted molar refractivity (Wildman–Crippen MR) is 116 cm³/mol. The second-order valence-electron chi connectivity index (χ2n) is 6.99. The van der Waals surface area contributed by atoms with Gasteiger partial charge in [-0.15, -0.1) is 0 Å². The fraction of sp³-hybridized carbons (Fsp3) is 0.381. The van der Waals surface area contributed by atoms with Gasteiger partial charge in [0.05, 0.1) is 23.6 Å². The Kier molecular flexibility index (Phi) is 7.48. The van der Waals surface area contributed by atoms with Gasteiger partial charge in [-0.1, -0.05) is 37.3 Å². The molecule has 9 nitrogen and oxygen atoms in total. The van der Waals surface area contributed by atoms with Crippen molar-refractivity contribution in [3.8, 4) is 0 Å². The number of hydrogen-bond acceptors (Lipinski definition) is 8. The Bertz CT molecular complexity index is 1140. The lowest BCUT2D eigenvalue weighted by molar-refractivity contribution is -0.118. The van der Waals surface area contributed by atoms with Gasteiger partial charge < -0.3 is 14.8 Å². The number of rotatable bonds is 9. The average molecular weight is 445 g/mol. The maximum absolute atomic E-state index is 12.6. The lowest BCUT2D eigenvalue weighted by Crippen LogP contribution is -2.20. The molecule has 31 heavy (non-hydrogen) atoms. The number of carbonyl (C=O) groups is 2. The van der Waals surface area contributed by atoms with Gasteiger partial charge in [-0.3, -0.25) is 9.59 Å². The van der Waals surface area contributed by atoms with Gasteiger partial charge in [0.15, 0.2) is 0 Å². The molecule has 3 aromatic rings. The molecule has 0 saturated carbocycles. The van der Waals surface area contributed by atoms with Crippen LogP contribution < -0.4 is 10.9 Å². The van der Waals surface area contributed by atoms with Crippen molar-refractivity contribution in [2.75, 3.05) is 18.5 Å². The van der Waals surface area contributed by atoms with Gasteiger partial charge in [-0.05, 0) is 19.1 Å². The number of ether oxygens (including phenoxy) is 2. The second kappa shape index (κ2) is 10.3. The van der Waals surface area contributed by atoms with Crippen molar-refractivity contribution in [3.05, 3.63) is 57.0 Å². The van der Waals surface area contributed by atoms with Crippen LogP contribution in [0.3, 0.4) is 0 Å². The molecule has 0 aliphatic carbocycles. The Balaban J connectivity index is 1.72. The molecule has 1 N–H and O–H groups in total. The highest BCUT2D eigenvalue weighted by Gasteiger charge is 2.17. The van der Waals surface area contributed by atoms with Gasteiger partial charge in [-0.2, -0.15) is 9.61 Å². The molecule has 0 fully saturated rings. The van der Waals surface area contributed by atoms with Crippen LogP contribution in [0.15, 0.2) is 35.1 Å². The quantitative estimate of drug-likeness (QED) is 0.399. The van der Waals surface area contributed by atoms with Crippen molar-refractivity contribution >= 4 is 33.9 Å². The molecule has 2 heterocycles. The van der Waals surface area contributed by atoms with Crippen molar-refractivity contribution in [2.45, 2.75) is 33.8 Å². The Morgan fingerprint density at radius 2 is 2.03 bits per heavy atom. The van der Waals surface area contributed by atoms with Crippen LogP contribution in [0.5, 0.6) is 0 Å². The van der Waals surface area contributed by atoms with Crippen molar-refractivity contribution in [2.24, 2.45) is 5.92 Å². The monoisotopic (exact) mass is 444 g/mol. The van der Waals surface area contributed by atoms with E-state index in [1.165, 1.54) is 21.9 Å². The van der Waals surface area contributed by atoms with Crippen molar-refractivity contribution in [1.82, 2.24) is 14.6 Å². The maximum Gasteiger partial charge on any atom is 0.340 e. The summed E-state index contributed by atoms with van der Waals surface area (Å²) in [4.78, 5) is 41.7. The Morgan fingerprint density at radius 1 is 1.26 bits per heavy atom. The maximum atomic E-state index is 12.6. The summed E-state index contributed by atoms with van der Waals surface area (Å²) in [6, 6.07) is 7.89. The molecule has 0 unspecified atom stereocenters. The molecule has 0 saturated heterocycles. The number of amides is 1. The van der Waals surface area contributed by atoms with Crippen LogP contribution >= 0.6 is 11.3 Å². The number of carbonyl (C=O) groups excluding carboxylic acids is 2. The van der Waals surface area contributed by atoms with Crippen LogP contribution in [-0.4, -0.2) is 39.7 Å². The van der Waals surface area contributed by atoms with E-state index in [-0.39, 0.29) is 29.6 Å². The molecule has 10 heteroatoms. The van der Waals surface area contributed by atoms with Gasteiger partial charge in [0.25, 0.3) is 5.56 Å². The number of hydrogen-bond donors (Lipinski definition) is 1. The standard InChI is InChI=1S/C21H24N4O5S/c1-4-29-10-9-17-24-25-18(26)11-14(22-21(25)31-17)12-30-20(28)15-7-5-6-8-16(15)23-19(27)13(2)3/h5-8,11,13H,4,9-10,12H2,1-3H3,(H,23,27). The number of para-hydroxylation sites is 1. The van der Waals surface area contributed by atoms with Gasteiger partial charge in [-0.25, -0.2) is 9.78 Å². The van der Waals surface area contributed by atoms with E-state index in [0.29, 0.717) is 36.0 Å². The van der Waals surface area contributed by atoms with Crippen LogP contribution in [-0.2, 0) is 27.3 Å². The van der Waals surface area contributed by atoms with E-state index in [1.807, 2.05) is 6.92 Å². The second-order valence-corrected chi connectivity index (χ2v) is 8.03. The number of fused-ring (bicyclic) bond motifs is 1. The van der Waals surface area contributed by atoms with Crippen molar-refractivity contribution < 1.29 is 19.1 Å². The van der Waals surface area contributed by atoms with Crippen LogP contribution in [0.25, 0.3) is 4.96 Å². The van der Waals surface area contributed by atoms with Crippen LogP contribution in [0.2, 0.25) is 0 Å². The third kappa shape index (κ3) is 5.74. The summed E-state index contributed by atoms with van der Waals surface area (Å²) in [7, 11) is 0. The summed E-state index contributed by atoms with van der Waals surface area (Å²) in [5, 5.41) is 7.71. The molecule has 0 spiro atoms. The Hall–Kier alpha value is -3.11. The Labute approximate surface area is 183 Å². The highest BCUT2D eigenvalue weighted by Crippen LogP contribution is 2.18. The number of esters is 1. The van der Waals surface area contributed by atoms with Crippen molar-refractivity contribution in [3.63, 3.8) is 0 Å². The summed E-state index contributed by atoms with van der Waals surface area (Å²) < 4.78 is 11.9.